The fourth-order valence-corrected chi connectivity index (χ4v) is 11.1. The first-order valence-electron chi connectivity index (χ1n) is 22.0. The zero-order valence-electron chi connectivity index (χ0n) is 35.1. The third kappa shape index (κ3) is 6.68. The number of ether oxygens (including phenoxy) is 1. The zero-order valence-corrected chi connectivity index (χ0v) is 35.1. The molecule has 61 heavy (non-hydrogen) atoms. The highest BCUT2D eigenvalue weighted by molar-refractivity contribution is 6.23. The summed E-state index contributed by atoms with van der Waals surface area (Å²) < 4.78 is 8.55. The molecule has 314 valence electrons. The van der Waals surface area contributed by atoms with Gasteiger partial charge in [0.2, 0.25) is 11.8 Å². The molecule has 1 spiro atoms. The van der Waals surface area contributed by atoms with Gasteiger partial charge in [-0.25, -0.2) is 4.98 Å². The number of carbonyl (C=O) groups is 3. The second-order valence-corrected chi connectivity index (χ2v) is 18.6. The van der Waals surface area contributed by atoms with Crippen molar-refractivity contribution in [3.8, 4) is 17.0 Å². The molecule has 7 heterocycles. The van der Waals surface area contributed by atoms with Gasteiger partial charge in [-0.05, 0) is 80.1 Å². The number of rotatable bonds is 10. The number of benzene rings is 2. The minimum Gasteiger partial charge on any atom is -0.474 e. The summed E-state index contributed by atoms with van der Waals surface area (Å²) in [7, 11) is 4.42. The van der Waals surface area contributed by atoms with Gasteiger partial charge in [-0.15, -0.1) is 0 Å². The van der Waals surface area contributed by atoms with E-state index in [1.807, 2.05) is 36.8 Å². The lowest BCUT2D eigenvalue weighted by atomic mass is 9.60. The molecule has 6 aliphatic rings. The van der Waals surface area contributed by atoms with Crippen LogP contribution in [0, 0.1) is 5.41 Å². The minimum atomic E-state index is -0.793. The minimum absolute atomic E-state index is 0.217. The predicted octanol–water partition coefficient (Wildman–Crippen LogP) is 5.31. The van der Waals surface area contributed by atoms with Gasteiger partial charge < -0.3 is 29.3 Å². The molecule has 1 unspecified atom stereocenters. The number of amides is 3. The Morgan fingerprint density at radius 3 is 2.38 bits per heavy atom. The summed E-state index contributed by atoms with van der Waals surface area (Å²) in [5.41, 5.74) is 7.43. The average Bonchev–Trinajstić information content (AvgIpc) is 3.65. The van der Waals surface area contributed by atoms with Crippen molar-refractivity contribution in [1.82, 2.24) is 39.5 Å². The van der Waals surface area contributed by atoms with Crippen LogP contribution in [-0.4, -0.2) is 135 Å². The predicted molar refractivity (Wildman–Crippen MR) is 234 cm³/mol. The van der Waals surface area contributed by atoms with Crippen molar-refractivity contribution < 1.29 is 19.1 Å². The van der Waals surface area contributed by atoms with Gasteiger partial charge in [0, 0.05) is 142 Å². The Bertz CT molecular complexity index is 2580. The average molecular weight is 820 g/mol. The molecule has 2 aliphatic carbocycles. The molecule has 2 saturated carbocycles. The van der Waals surface area contributed by atoms with E-state index in [0.29, 0.717) is 53.0 Å². The molecule has 0 bridgehead atoms. The summed E-state index contributed by atoms with van der Waals surface area (Å²) in [6, 6.07) is 18.8. The molecule has 2 aromatic carbocycles. The third-order valence-corrected chi connectivity index (χ3v) is 14.8. The third-order valence-electron chi connectivity index (χ3n) is 14.8. The van der Waals surface area contributed by atoms with Crippen LogP contribution in [0.4, 0.5) is 5.69 Å². The van der Waals surface area contributed by atoms with E-state index in [1.165, 1.54) is 47.7 Å². The number of hydrogen-bond acceptors (Lipinski definition) is 10. The number of aromatic nitrogens is 3. The van der Waals surface area contributed by atoms with E-state index in [1.54, 1.807) is 6.07 Å². The Labute approximate surface area is 355 Å². The Morgan fingerprint density at radius 2 is 1.61 bits per heavy atom. The second-order valence-electron chi connectivity index (χ2n) is 18.6. The number of imide groups is 1. The molecule has 1 atom stereocenters. The molecule has 13 heteroatoms. The number of carbonyl (C=O) groups excluding carboxylic acids is 3. The van der Waals surface area contributed by atoms with Gasteiger partial charge in [-0.3, -0.25) is 29.2 Å². The first-order valence-corrected chi connectivity index (χ1v) is 22.0. The zero-order chi connectivity index (χ0) is 41.6. The van der Waals surface area contributed by atoms with Gasteiger partial charge in [0.1, 0.15) is 12.1 Å². The van der Waals surface area contributed by atoms with Crippen molar-refractivity contribution in [2.45, 2.75) is 62.8 Å². The van der Waals surface area contributed by atoms with Gasteiger partial charge in [0.15, 0.2) is 0 Å². The lowest BCUT2D eigenvalue weighted by molar-refractivity contribution is -0.125. The van der Waals surface area contributed by atoms with Gasteiger partial charge in [-0.2, -0.15) is 0 Å². The fourth-order valence-electron chi connectivity index (χ4n) is 11.1. The van der Waals surface area contributed by atoms with Crippen LogP contribution in [0.3, 0.4) is 0 Å². The van der Waals surface area contributed by atoms with Crippen molar-refractivity contribution in [3.05, 3.63) is 96.6 Å². The molecule has 5 fully saturated rings. The topological polar surface area (TPSA) is 119 Å². The number of nitrogens with zero attached hydrogens (tertiary/aromatic N) is 8. The molecular weight excluding hydrogens is 767 g/mol. The molecule has 13 nitrogen and oxygen atoms in total. The van der Waals surface area contributed by atoms with Crippen LogP contribution < -0.4 is 15.0 Å². The second kappa shape index (κ2) is 14.8. The Kier molecular flexibility index (Phi) is 9.28. The van der Waals surface area contributed by atoms with Crippen molar-refractivity contribution >= 4 is 45.2 Å². The maximum atomic E-state index is 13.4. The van der Waals surface area contributed by atoms with E-state index in [-0.39, 0.29) is 23.8 Å². The quantitative estimate of drug-likeness (QED) is 0.186. The van der Waals surface area contributed by atoms with Crippen LogP contribution in [0.15, 0.2) is 85.5 Å². The van der Waals surface area contributed by atoms with Gasteiger partial charge >= 0.3 is 0 Å². The van der Waals surface area contributed by atoms with E-state index in [4.69, 9.17) is 9.72 Å². The largest absolute Gasteiger partial charge is 0.474 e. The number of piperidine rings is 1. The highest BCUT2D eigenvalue weighted by Gasteiger charge is 2.54. The van der Waals surface area contributed by atoms with E-state index >= 15 is 0 Å². The lowest BCUT2D eigenvalue weighted by Crippen LogP contribution is -2.68. The summed E-state index contributed by atoms with van der Waals surface area (Å²) in [5.74, 6) is -0.407. The van der Waals surface area contributed by atoms with E-state index in [2.05, 4.69) is 85.5 Å². The van der Waals surface area contributed by atoms with E-state index in [0.717, 1.165) is 73.8 Å². The van der Waals surface area contributed by atoms with Crippen LogP contribution in [0.1, 0.15) is 59.2 Å². The number of nitrogens with one attached hydrogen (secondary N) is 1. The highest BCUT2D eigenvalue weighted by Crippen LogP contribution is 2.51. The summed E-state index contributed by atoms with van der Waals surface area (Å²) in [6.07, 6.45) is 11.6. The molecule has 4 aliphatic heterocycles. The van der Waals surface area contributed by atoms with Crippen LogP contribution in [0.2, 0.25) is 0 Å². The van der Waals surface area contributed by atoms with Gasteiger partial charge in [0.25, 0.3) is 11.8 Å². The molecule has 3 saturated heterocycles. The lowest BCUT2D eigenvalue weighted by Gasteiger charge is -2.62. The Hall–Kier alpha value is -5.63. The van der Waals surface area contributed by atoms with Crippen molar-refractivity contribution in [2.24, 2.45) is 12.5 Å². The summed E-state index contributed by atoms with van der Waals surface area (Å²) in [6.45, 7) is 12.1. The number of pyridine rings is 2. The Morgan fingerprint density at radius 1 is 0.836 bits per heavy atom. The highest BCUT2D eigenvalue weighted by atomic mass is 16.5. The first-order chi connectivity index (χ1) is 29.6. The fraction of sp³-hybridized carbons (Fsp3) is 0.438. The van der Waals surface area contributed by atoms with Gasteiger partial charge in [0.05, 0.1) is 16.6 Å². The monoisotopic (exact) mass is 819 g/mol. The number of piperazine rings is 1. The van der Waals surface area contributed by atoms with Crippen molar-refractivity contribution in [2.75, 3.05) is 64.3 Å². The number of fused-ring (bicyclic) bond motifs is 4. The van der Waals surface area contributed by atoms with Crippen LogP contribution in [0.25, 0.3) is 32.9 Å². The first kappa shape index (κ1) is 38.3. The standard InChI is InChI=1S/C48H53N9O4/c1-30-4-10-42(45(58)51-30)57-46(59)38-9-7-33(23-39(38)47(57)60)56-18-16-54(17-19-56)14-15-55-28-48(29-55)24-35(25-48)52(2)34-21-36(22-34)61-44-11-6-32(26-50-44)31-5-8-37-40-27-49-13-12-41(40)53(3)43(37)20-31/h5-9,11-13,20,23,26-27,34-36,42H,1,4,10,14-19,21-22,24-25,28-29H2,2-3H3,(H,51,58)/t34-,36-,42?. The maximum Gasteiger partial charge on any atom is 0.262 e. The van der Waals surface area contributed by atoms with E-state index < -0.39 is 6.04 Å². The van der Waals surface area contributed by atoms with Crippen LogP contribution >= 0.6 is 0 Å². The summed E-state index contributed by atoms with van der Waals surface area (Å²) in [4.78, 5) is 59.4. The molecule has 11 rings (SSSR count). The number of likely N-dealkylation sites (tertiary alicyclic amines) is 1. The number of anilines is 1. The molecule has 1 N–H and O–H groups in total. The Balaban J connectivity index is 0.594. The smallest absolute Gasteiger partial charge is 0.262 e. The molecular formula is C48H53N9O4. The molecule has 3 amide bonds. The number of aryl methyl sites for hydroxylation is 1. The van der Waals surface area contributed by atoms with Crippen molar-refractivity contribution in [1.29, 1.82) is 0 Å². The summed E-state index contributed by atoms with van der Waals surface area (Å²) >= 11 is 0. The van der Waals surface area contributed by atoms with Crippen LogP contribution in [0.5, 0.6) is 5.88 Å². The van der Waals surface area contributed by atoms with Gasteiger partial charge in [-0.1, -0.05) is 18.7 Å². The maximum absolute atomic E-state index is 13.4. The normalized spacial score (nSPS) is 24.3. The molecule has 3 aromatic heterocycles. The SMILES string of the molecule is C=C1CCC(N2C(=O)c3ccc(N4CCN(CCN5CC6(CC(N(C)[C@H]7C[C@H](Oc8ccc(-c9ccc%10c%11cnccc%11n(C)c%10c9)cn8)C7)C6)C5)CC4)cc3C2=O)C(=O)N1. The number of allylic oxidation sites excluding steroid dienone is 1. The summed E-state index contributed by atoms with van der Waals surface area (Å²) in [5, 5.41) is 5.09. The molecule has 5 aromatic rings. The van der Waals surface area contributed by atoms with Crippen LogP contribution in [-0.2, 0) is 11.8 Å². The van der Waals surface area contributed by atoms with E-state index in [9.17, 15) is 14.4 Å². The molecule has 0 radical (unpaired) electrons. The van der Waals surface area contributed by atoms with Crippen molar-refractivity contribution in [3.63, 3.8) is 0 Å². The number of hydrogen-bond donors (Lipinski definition) is 1.